The molecule has 2 nitrogen and oxygen atoms in total. The Labute approximate surface area is 135 Å². The summed E-state index contributed by atoms with van der Waals surface area (Å²) in [7, 11) is 0. The molecule has 0 aliphatic carbocycles. The zero-order chi connectivity index (χ0) is 14.9. The second kappa shape index (κ2) is 8.97. The van der Waals surface area contributed by atoms with Gasteiger partial charge in [0.1, 0.15) is 0 Å². The molecule has 0 unspecified atom stereocenters. The minimum atomic E-state index is -2.86. The molecule has 0 aliphatic heterocycles. The van der Waals surface area contributed by atoms with Crippen molar-refractivity contribution in [2.24, 2.45) is 0 Å². The summed E-state index contributed by atoms with van der Waals surface area (Å²) in [5, 5.41) is 0. The summed E-state index contributed by atoms with van der Waals surface area (Å²) in [6, 6.07) is 20.5. The van der Waals surface area contributed by atoms with Crippen molar-refractivity contribution in [2.45, 2.75) is 32.6 Å². The molecule has 0 bridgehead atoms. The average Bonchev–Trinajstić information content (AvgIpc) is 2.54. The molecule has 0 radical (unpaired) electrons. The zero-order valence-electron chi connectivity index (χ0n) is 12.5. The first-order chi connectivity index (χ1) is 10.3. The minimum absolute atomic E-state index is 0.0252. The van der Waals surface area contributed by atoms with Crippen LogP contribution in [0.15, 0.2) is 60.7 Å². The summed E-state index contributed by atoms with van der Waals surface area (Å²) in [6.45, 7) is 2.14. The predicted molar refractivity (Wildman–Crippen MR) is 88.1 cm³/mol. The van der Waals surface area contributed by atoms with Gasteiger partial charge in [-0.3, -0.25) is 0 Å². The topological polar surface area (TPSA) is 26.3 Å². The molecule has 0 aliphatic rings. The fourth-order valence-corrected chi connectivity index (χ4v) is 10.8. The predicted octanol–water partition coefficient (Wildman–Crippen LogP) is 2.92. The van der Waals surface area contributed by atoms with Gasteiger partial charge in [0.2, 0.25) is 0 Å². The molecule has 0 fully saturated rings. The van der Waals surface area contributed by atoms with Crippen molar-refractivity contribution < 1.29 is 7.48 Å². The van der Waals surface area contributed by atoms with Crippen LogP contribution in [0.25, 0.3) is 0 Å². The molecule has 0 saturated carbocycles. The molecule has 108 valence electrons. The Balaban J connectivity index is 2.12. The first-order valence-corrected chi connectivity index (χ1v) is 13.9. The molecular formula is C18H21O2Tl. The molecule has 0 spiro atoms. The summed E-state index contributed by atoms with van der Waals surface area (Å²) in [6.07, 6.45) is 3.69. The standard InChI is InChI=1S/C6H12O2.2C6H5.Tl/c1-2-3-4-5-6(7)8;2*1-2-4-6-5-3-1;/h2-5H2,1H3,(H,7,8);2*1-5H;/q;;;+1/p-1. The Hall–Kier alpha value is -1.17. The van der Waals surface area contributed by atoms with E-state index in [0.29, 0.717) is 6.42 Å². The van der Waals surface area contributed by atoms with E-state index in [1.54, 1.807) is 0 Å². The summed E-state index contributed by atoms with van der Waals surface area (Å²) in [5.74, 6) is -0.0252. The second-order valence-corrected chi connectivity index (χ2v) is 14.2. The van der Waals surface area contributed by atoms with Crippen LogP contribution in [0, 0.1) is 0 Å². The van der Waals surface area contributed by atoms with Crippen molar-refractivity contribution in [3.05, 3.63) is 60.7 Å². The maximum absolute atomic E-state index is 12.1. The average molecular weight is 474 g/mol. The van der Waals surface area contributed by atoms with Crippen molar-refractivity contribution in [2.75, 3.05) is 0 Å². The van der Waals surface area contributed by atoms with Crippen molar-refractivity contribution in [1.29, 1.82) is 0 Å². The van der Waals surface area contributed by atoms with Crippen molar-refractivity contribution >= 4 is 35.4 Å². The Morgan fingerprint density at radius 1 is 0.905 bits per heavy atom. The van der Waals surface area contributed by atoms with E-state index in [4.69, 9.17) is 2.69 Å². The van der Waals surface area contributed by atoms with Gasteiger partial charge in [0.05, 0.1) is 0 Å². The van der Waals surface area contributed by atoms with Crippen LogP contribution in [-0.2, 0) is 7.48 Å². The third-order valence-corrected chi connectivity index (χ3v) is 13.1. The van der Waals surface area contributed by atoms with Crippen molar-refractivity contribution in [1.82, 2.24) is 0 Å². The Bertz CT molecular complexity index is 500. The summed E-state index contributed by atoms with van der Waals surface area (Å²) in [5.41, 5.74) is 0. The van der Waals surface area contributed by atoms with Crippen LogP contribution in [-0.4, -0.2) is 29.1 Å². The summed E-state index contributed by atoms with van der Waals surface area (Å²) >= 11 is -2.86. The van der Waals surface area contributed by atoms with E-state index in [9.17, 15) is 4.79 Å². The SMILES string of the molecule is CCCCCC(=O)[O][Tl]([c]1ccccc1)[c]1ccccc1. The van der Waals surface area contributed by atoms with Gasteiger partial charge in [0.25, 0.3) is 0 Å². The first-order valence-electron chi connectivity index (χ1n) is 7.60. The number of hydrogen-bond acceptors (Lipinski definition) is 2. The molecular weight excluding hydrogens is 453 g/mol. The molecule has 0 amide bonds. The van der Waals surface area contributed by atoms with Gasteiger partial charge in [-0.2, -0.15) is 0 Å². The van der Waals surface area contributed by atoms with E-state index < -0.39 is 23.2 Å². The molecule has 2 aromatic rings. The van der Waals surface area contributed by atoms with Crippen LogP contribution < -0.4 is 6.25 Å². The van der Waals surface area contributed by atoms with Crippen LogP contribution in [0.5, 0.6) is 0 Å². The molecule has 0 saturated heterocycles. The van der Waals surface area contributed by atoms with E-state index >= 15 is 0 Å². The Morgan fingerprint density at radius 3 is 1.90 bits per heavy atom. The Kier molecular flexibility index (Phi) is 6.93. The summed E-state index contributed by atoms with van der Waals surface area (Å²) in [4.78, 5) is 12.1. The molecule has 21 heavy (non-hydrogen) atoms. The van der Waals surface area contributed by atoms with Crippen LogP contribution in [0.1, 0.15) is 32.6 Å². The fourth-order valence-electron chi connectivity index (χ4n) is 2.29. The third-order valence-electron chi connectivity index (χ3n) is 3.44. The van der Waals surface area contributed by atoms with Crippen LogP contribution in [0.2, 0.25) is 0 Å². The normalized spacial score (nSPS) is 10.1. The van der Waals surface area contributed by atoms with E-state index in [-0.39, 0.29) is 5.97 Å². The van der Waals surface area contributed by atoms with Gasteiger partial charge < -0.3 is 0 Å². The molecule has 0 atom stereocenters. The molecule has 3 heteroatoms. The van der Waals surface area contributed by atoms with Crippen LogP contribution >= 0.6 is 0 Å². The van der Waals surface area contributed by atoms with Gasteiger partial charge in [-0.05, 0) is 0 Å². The van der Waals surface area contributed by atoms with E-state index in [2.05, 4.69) is 31.2 Å². The van der Waals surface area contributed by atoms with Gasteiger partial charge in [-0.1, -0.05) is 0 Å². The first kappa shape index (κ1) is 16.2. The van der Waals surface area contributed by atoms with Crippen LogP contribution in [0.3, 0.4) is 0 Å². The number of carbonyl (C=O) groups is 1. The van der Waals surface area contributed by atoms with Gasteiger partial charge >= 0.3 is 136 Å². The van der Waals surface area contributed by atoms with E-state index in [0.717, 1.165) is 19.3 Å². The third kappa shape index (κ3) is 5.27. The molecule has 0 N–H and O–H groups in total. The Morgan fingerprint density at radius 2 is 1.43 bits per heavy atom. The van der Waals surface area contributed by atoms with E-state index in [1.807, 2.05) is 36.4 Å². The van der Waals surface area contributed by atoms with Crippen molar-refractivity contribution in [3.8, 4) is 0 Å². The second-order valence-electron chi connectivity index (χ2n) is 5.15. The van der Waals surface area contributed by atoms with Crippen LogP contribution in [0.4, 0.5) is 0 Å². The number of unbranched alkanes of at least 4 members (excludes halogenated alkanes) is 2. The fraction of sp³-hybridized carbons (Fsp3) is 0.278. The monoisotopic (exact) mass is 474 g/mol. The molecule has 2 rings (SSSR count). The van der Waals surface area contributed by atoms with Crippen molar-refractivity contribution in [3.63, 3.8) is 0 Å². The number of rotatable bonds is 7. The maximum atomic E-state index is 12.1. The molecule has 2 aromatic carbocycles. The van der Waals surface area contributed by atoms with Gasteiger partial charge in [-0.25, -0.2) is 0 Å². The zero-order valence-corrected chi connectivity index (χ0v) is 17.0. The number of hydrogen-bond donors (Lipinski definition) is 0. The van der Waals surface area contributed by atoms with E-state index in [1.165, 1.54) is 6.25 Å². The van der Waals surface area contributed by atoms with Gasteiger partial charge in [0.15, 0.2) is 0 Å². The molecule has 0 heterocycles. The van der Waals surface area contributed by atoms with Gasteiger partial charge in [-0.15, -0.1) is 0 Å². The number of carbonyl (C=O) groups excluding carboxylic acids is 1. The quantitative estimate of drug-likeness (QED) is 0.457. The van der Waals surface area contributed by atoms with Gasteiger partial charge in [0, 0.05) is 0 Å². The summed E-state index contributed by atoms with van der Waals surface area (Å²) < 4.78 is 8.41. The molecule has 0 aromatic heterocycles. The number of benzene rings is 2.